The quantitative estimate of drug-likeness (QED) is 0.811. The van der Waals surface area contributed by atoms with Crippen molar-refractivity contribution in [1.29, 1.82) is 0 Å². The molecule has 0 atom stereocenters. The smallest absolute Gasteiger partial charge is 0.238 e. The van der Waals surface area contributed by atoms with E-state index in [1.807, 2.05) is 0 Å². The Bertz CT molecular complexity index is 826. The Morgan fingerprint density at radius 1 is 0.926 bits per heavy atom. The van der Waals surface area contributed by atoms with Crippen LogP contribution in [0.25, 0.3) is 0 Å². The number of anilines is 2. The summed E-state index contributed by atoms with van der Waals surface area (Å²) in [6.07, 6.45) is 0. The molecular formula is C19H20FN3O4. The zero-order chi connectivity index (χ0) is 19.2. The summed E-state index contributed by atoms with van der Waals surface area (Å²) in [7, 11) is 1.66. The number of benzene rings is 2. The molecule has 1 heterocycles. The molecule has 0 bridgehead atoms. The second-order valence-corrected chi connectivity index (χ2v) is 6.13. The predicted molar refractivity (Wildman–Crippen MR) is 98.6 cm³/mol. The maximum atomic E-state index is 12.9. The molecule has 0 unspecified atom stereocenters. The maximum Gasteiger partial charge on any atom is 0.238 e. The van der Waals surface area contributed by atoms with Crippen LogP contribution < -0.4 is 20.1 Å². The number of carbonyl (C=O) groups is 2. The molecule has 2 aromatic carbocycles. The fourth-order valence-electron chi connectivity index (χ4n) is 2.60. The molecule has 0 radical (unpaired) electrons. The second-order valence-electron chi connectivity index (χ2n) is 6.13. The van der Waals surface area contributed by atoms with Crippen LogP contribution in [0.2, 0.25) is 0 Å². The molecule has 1 aliphatic rings. The zero-order valence-corrected chi connectivity index (χ0v) is 14.8. The maximum absolute atomic E-state index is 12.9. The van der Waals surface area contributed by atoms with E-state index in [2.05, 4.69) is 10.6 Å². The van der Waals surface area contributed by atoms with Crippen molar-refractivity contribution in [1.82, 2.24) is 4.90 Å². The van der Waals surface area contributed by atoms with E-state index in [4.69, 9.17) is 9.47 Å². The molecule has 0 aromatic heterocycles. The van der Waals surface area contributed by atoms with Gasteiger partial charge in [-0.1, -0.05) is 0 Å². The van der Waals surface area contributed by atoms with Crippen molar-refractivity contribution in [2.75, 3.05) is 44.0 Å². The minimum Gasteiger partial charge on any atom is -0.486 e. The summed E-state index contributed by atoms with van der Waals surface area (Å²) >= 11 is 0. The summed E-state index contributed by atoms with van der Waals surface area (Å²) in [5, 5.41) is 5.41. The van der Waals surface area contributed by atoms with Gasteiger partial charge >= 0.3 is 0 Å². The van der Waals surface area contributed by atoms with Crippen molar-refractivity contribution in [3.05, 3.63) is 48.3 Å². The largest absolute Gasteiger partial charge is 0.486 e. The minimum atomic E-state index is -0.374. The van der Waals surface area contributed by atoms with E-state index < -0.39 is 0 Å². The average molecular weight is 373 g/mol. The van der Waals surface area contributed by atoms with Gasteiger partial charge in [-0.05, 0) is 43.4 Å². The molecule has 8 heteroatoms. The highest BCUT2D eigenvalue weighted by atomic mass is 19.1. The molecule has 142 valence electrons. The van der Waals surface area contributed by atoms with Gasteiger partial charge in [-0.25, -0.2) is 4.39 Å². The van der Waals surface area contributed by atoms with Crippen LogP contribution in [-0.4, -0.2) is 50.1 Å². The SMILES string of the molecule is CN(CC(=O)Nc1ccc(F)cc1)CC(=O)Nc1ccc2c(c1)OCCO2. The number of rotatable bonds is 6. The first kappa shape index (κ1) is 18.7. The summed E-state index contributed by atoms with van der Waals surface area (Å²) in [4.78, 5) is 25.7. The van der Waals surface area contributed by atoms with Gasteiger partial charge in [0.05, 0.1) is 13.1 Å². The lowest BCUT2D eigenvalue weighted by Gasteiger charge is -2.19. The van der Waals surface area contributed by atoms with Gasteiger partial charge in [0.2, 0.25) is 11.8 Å². The Hall–Kier alpha value is -3.13. The molecule has 27 heavy (non-hydrogen) atoms. The van der Waals surface area contributed by atoms with Crippen molar-refractivity contribution in [3.63, 3.8) is 0 Å². The molecule has 0 fully saturated rings. The lowest BCUT2D eigenvalue weighted by molar-refractivity contribution is -0.119. The van der Waals surface area contributed by atoms with E-state index >= 15 is 0 Å². The average Bonchev–Trinajstić information content (AvgIpc) is 2.63. The molecule has 2 amide bonds. The molecule has 0 spiro atoms. The van der Waals surface area contributed by atoms with Crippen molar-refractivity contribution in [2.45, 2.75) is 0 Å². The molecule has 0 aliphatic carbocycles. The Morgan fingerprint density at radius 3 is 2.15 bits per heavy atom. The van der Waals surface area contributed by atoms with Crippen molar-refractivity contribution >= 4 is 23.2 Å². The number of ether oxygens (including phenoxy) is 2. The van der Waals surface area contributed by atoms with Crippen molar-refractivity contribution in [2.24, 2.45) is 0 Å². The third-order valence-corrected chi connectivity index (χ3v) is 3.78. The predicted octanol–water partition coefficient (Wildman–Crippen LogP) is 2.11. The summed E-state index contributed by atoms with van der Waals surface area (Å²) < 4.78 is 23.8. The summed E-state index contributed by atoms with van der Waals surface area (Å²) in [6.45, 7) is 1.02. The number of hydrogen-bond acceptors (Lipinski definition) is 5. The number of likely N-dealkylation sites (N-methyl/N-ethyl adjacent to an activating group) is 1. The normalized spacial score (nSPS) is 12.6. The number of carbonyl (C=O) groups excluding carboxylic acids is 2. The summed E-state index contributed by atoms with van der Waals surface area (Å²) in [5.74, 6) is 0.306. The van der Waals surface area contributed by atoms with Crippen LogP contribution >= 0.6 is 0 Å². The number of nitrogens with zero attached hydrogens (tertiary/aromatic N) is 1. The molecular weight excluding hydrogens is 353 g/mol. The fourth-order valence-corrected chi connectivity index (χ4v) is 2.60. The second kappa shape index (κ2) is 8.50. The summed E-state index contributed by atoms with van der Waals surface area (Å²) in [5.41, 5.74) is 1.09. The number of halogens is 1. The Kier molecular flexibility index (Phi) is 5.87. The molecule has 0 saturated carbocycles. The Labute approximate surface area is 156 Å². The number of hydrogen-bond donors (Lipinski definition) is 2. The molecule has 2 N–H and O–H groups in total. The van der Waals surface area contributed by atoms with Gasteiger partial charge < -0.3 is 20.1 Å². The third kappa shape index (κ3) is 5.42. The topological polar surface area (TPSA) is 79.9 Å². The van der Waals surface area contributed by atoms with Gasteiger partial charge in [0.1, 0.15) is 19.0 Å². The minimum absolute atomic E-state index is 0.0198. The monoisotopic (exact) mass is 373 g/mol. The van der Waals surface area contributed by atoms with E-state index in [9.17, 15) is 14.0 Å². The van der Waals surface area contributed by atoms with E-state index in [1.165, 1.54) is 24.3 Å². The van der Waals surface area contributed by atoms with Crippen LogP contribution in [0.5, 0.6) is 11.5 Å². The van der Waals surface area contributed by atoms with Crippen molar-refractivity contribution < 1.29 is 23.5 Å². The van der Waals surface area contributed by atoms with E-state index in [0.717, 1.165) is 0 Å². The van der Waals surface area contributed by atoms with Gasteiger partial charge in [0.15, 0.2) is 11.5 Å². The Balaban J connectivity index is 1.47. The highest BCUT2D eigenvalue weighted by Gasteiger charge is 2.14. The van der Waals surface area contributed by atoms with Crippen LogP contribution in [0.4, 0.5) is 15.8 Å². The molecule has 0 saturated heterocycles. The number of nitrogens with one attached hydrogen (secondary N) is 2. The first-order chi connectivity index (χ1) is 13.0. The van der Waals surface area contributed by atoms with Crippen LogP contribution in [0.1, 0.15) is 0 Å². The lowest BCUT2D eigenvalue weighted by Crippen LogP contribution is -2.36. The Morgan fingerprint density at radius 2 is 1.48 bits per heavy atom. The van der Waals surface area contributed by atoms with Crippen molar-refractivity contribution in [3.8, 4) is 11.5 Å². The van der Waals surface area contributed by atoms with Gasteiger partial charge in [-0.2, -0.15) is 0 Å². The van der Waals surface area contributed by atoms with Gasteiger partial charge in [0.25, 0.3) is 0 Å². The van der Waals surface area contributed by atoms with E-state index in [0.29, 0.717) is 36.1 Å². The molecule has 1 aliphatic heterocycles. The first-order valence-electron chi connectivity index (χ1n) is 8.43. The first-order valence-corrected chi connectivity index (χ1v) is 8.43. The molecule has 2 aromatic rings. The number of amides is 2. The van der Waals surface area contributed by atoms with Crippen LogP contribution in [0.15, 0.2) is 42.5 Å². The highest BCUT2D eigenvalue weighted by Crippen LogP contribution is 2.32. The standard InChI is InChI=1S/C19H20FN3O4/c1-23(11-18(24)21-14-4-2-13(20)3-5-14)12-19(25)22-15-6-7-16-17(10-15)27-9-8-26-16/h2-7,10H,8-9,11-12H2,1H3,(H,21,24)(H,22,25). The van der Waals surface area contributed by atoms with Gasteiger partial charge in [-0.3, -0.25) is 14.5 Å². The van der Waals surface area contributed by atoms with E-state index in [-0.39, 0.29) is 30.7 Å². The zero-order valence-electron chi connectivity index (χ0n) is 14.8. The highest BCUT2D eigenvalue weighted by molar-refractivity contribution is 5.94. The molecule has 7 nitrogen and oxygen atoms in total. The third-order valence-electron chi connectivity index (χ3n) is 3.78. The fraction of sp³-hybridized carbons (Fsp3) is 0.263. The summed E-state index contributed by atoms with van der Waals surface area (Å²) in [6, 6.07) is 10.6. The van der Waals surface area contributed by atoms with Gasteiger partial charge in [0, 0.05) is 17.4 Å². The van der Waals surface area contributed by atoms with Crippen LogP contribution in [-0.2, 0) is 9.59 Å². The lowest BCUT2D eigenvalue weighted by atomic mass is 10.2. The van der Waals surface area contributed by atoms with Crippen LogP contribution in [0, 0.1) is 5.82 Å². The van der Waals surface area contributed by atoms with Crippen LogP contribution in [0.3, 0.4) is 0 Å². The molecule has 3 rings (SSSR count). The van der Waals surface area contributed by atoms with Gasteiger partial charge in [-0.15, -0.1) is 0 Å². The van der Waals surface area contributed by atoms with E-state index in [1.54, 1.807) is 30.1 Å². The number of fused-ring (bicyclic) bond motifs is 1.